The van der Waals surface area contributed by atoms with Gasteiger partial charge in [0.1, 0.15) is 6.61 Å². The molecule has 0 aromatic heterocycles. The molecule has 0 N–H and O–H groups in total. The summed E-state index contributed by atoms with van der Waals surface area (Å²) in [7, 11) is 1.63. The summed E-state index contributed by atoms with van der Waals surface area (Å²) in [5.41, 5.74) is 3.84. The molecule has 10 heteroatoms. The van der Waals surface area contributed by atoms with E-state index in [0.29, 0.717) is 32.9 Å². The molecular weight excluding hydrogens is 530 g/mol. The summed E-state index contributed by atoms with van der Waals surface area (Å²) in [6.45, 7) is 8.87. The molecule has 0 radical (unpaired) electrons. The Morgan fingerprint density at radius 1 is 1.18 bits per heavy atom. The second kappa shape index (κ2) is 11.3. The summed E-state index contributed by atoms with van der Waals surface area (Å²) in [4.78, 5) is 26.9. The van der Waals surface area contributed by atoms with Crippen LogP contribution >= 0.6 is 11.8 Å². The van der Waals surface area contributed by atoms with Crippen LogP contribution in [0.2, 0.25) is 0 Å². The van der Waals surface area contributed by atoms with Gasteiger partial charge >= 0.3 is 0 Å². The van der Waals surface area contributed by atoms with Crippen molar-refractivity contribution >= 4 is 40.3 Å². The number of anilines is 1. The third kappa shape index (κ3) is 4.89. The Morgan fingerprint density at radius 2 is 1.95 bits per heavy atom. The van der Waals surface area contributed by atoms with Crippen LogP contribution in [0.3, 0.4) is 0 Å². The number of nitro benzene ring substituents is 1. The maximum absolute atomic E-state index is 13.4. The molecule has 210 valence electrons. The molecule has 9 nitrogen and oxygen atoms in total. The highest BCUT2D eigenvalue weighted by Gasteiger charge is 2.46. The van der Waals surface area contributed by atoms with E-state index in [0.717, 1.165) is 32.6 Å². The van der Waals surface area contributed by atoms with Crippen LogP contribution in [0, 0.1) is 16.0 Å². The third-order valence-electron chi connectivity index (χ3n) is 7.77. The first-order chi connectivity index (χ1) is 19.2. The summed E-state index contributed by atoms with van der Waals surface area (Å²) in [5, 5.41) is 25.4. The van der Waals surface area contributed by atoms with Crippen LogP contribution in [-0.4, -0.2) is 67.1 Å². The lowest BCUT2D eigenvalue weighted by Crippen LogP contribution is -2.53. The molecule has 1 fully saturated rings. The number of thioether (sulfide) groups is 1. The average Bonchev–Trinajstić information content (AvgIpc) is 3.40. The van der Waals surface area contributed by atoms with Gasteiger partial charge in [0.2, 0.25) is 5.69 Å². The molecule has 1 saturated carbocycles. The Morgan fingerprint density at radius 3 is 2.65 bits per heavy atom. The van der Waals surface area contributed by atoms with E-state index in [4.69, 9.17) is 9.47 Å². The number of para-hydroxylation sites is 1. The van der Waals surface area contributed by atoms with Gasteiger partial charge in [-0.15, -0.1) is 0 Å². The molecule has 2 atom stereocenters. The van der Waals surface area contributed by atoms with Crippen LogP contribution in [-0.2, 0) is 19.7 Å². The van der Waals surface area contributed by atoms with Gasteiger partial charge in [-0.1, -0.05) is 36.1 Å². The molecule has 2 aromatic rings. The number of rotatable bonds is 10. The average molecular weight is 564 g/mol. The number of hydrogen-bond donors (Lipinski definition) is 0. The summed E-state index contributed by atoms with van der Waals surface area (Å²) < 4.78 is 12.9. The van der Waals surface area contributed by atoms with Crippen molar-refractivity contribution in [1.82, 2.24) is 0 Å². The van der Waals surface area contributed by atoms with E-state index in [1.165, 1.54) is 23.9 Å². The van der Waals surface area contributed by atoms with Crippen molar-refractivity contribution in [2.45, 2.75) is 37.2 Å². The number of ether oxygens (including phenoxy) is 2. The van der Waals surface area contributed by atoms with Crippen LogP contribution < -0.4 is 10.0 Å². The summed E-state index contributed by atoms with van der Waals surface area (Å²) >= 11 is 1.36. The van der Waals surface area contributed by atoms with Crippen LogP contribution in [0.1, 0.15) is 26.3 Å². The summed E-state index contributed by atoms with van der Waals surface area (Å²) in [5.74, 6) is -0.966. The second-order valence-electron chi connectivity index (χ2n) is 10.5. The molecule has 3 aliphatic rings. The van der Waals surface area contributed by atoms with Gasteiger partial charge in [-0.05, 0) is 38.5 Å². The number of Topliss-reactive ketones (excluding diaryl/α,β-unsaturated/α-hetero) is 1. The molecule has 5 rings (SSSR count). The number of methoxy groups -OCH3 is 1. The van der Waals surface area contributed by atoms with E-state index >= 15 is 0 Å². The largest absolute Gasteiger partial charge is 0.848 e. The maximum atomic E-state index is 13.4. The number of nitrogens with zero attached hydrogens (tertiary/aromatic N) is 3. The highest BCUT2D eigenvalue weighted by atomic mass is 32.2. The lowest BCUT2D eigenvalue weighted by Gasteiger charge is -2.42. The number of ketones is 1. The van der Waals surface area contributed by atoms with Crippen LogP contribution in [0.5, 0.6) is 0 Å². The SMILES string of the molecule is CCN1C(=CC2C(=O)C(=CC3=[N+](CCOCCOC)c4ccccc4C3(C)C)C2[O-])Sc2cc([N+](=O)[O-])ccc21. The highest BCUT2D eigenvalue weighted by molar-refractivity contribution is 8.03. The lowest BCUT2D eigenvalue weighted by atomic mass is 9.72. The van der Waals surface area contributed by atoms with Gasteiger partial charge in [0.05, 0.1) is 34.3 Å². The van der Waals surface area contributed by atoms with Crippen molar-refractivity contribution in [3.63, 3.8) is 0 Å². The van der Waals surface area contributed by atoms with Gasteiger partial charge in [0.15, 0.2) is 18.0 Å². The molecule has 0 spiro atoms. The molecule has 2 unspecified atom stereocenters. The van der Waals surface area contributed by atoms with Crippen molar-refractivity contribution in [1.29, 1.82) is 0 Å². The predicted molar refractivity (Wildman–Crippen MR) is 152 cm³/mol. The molecule has 0 bridgehead atoms. The number of hydrogen-bond acceptors (Lipinski definition) is 8. The molecule has 2 aliphatic heterocycles. The van der Waals surface area contributed by atoms with Gasteiger partial charge in [-0.3, -0.25) is 14.9 Å². The number of benzene rings is 2. The smallest absolute Gasteiger partial charge is 0.270 e. The molecule has 0 saturated heterocycles. The first-order valence-corrected chi connectivity index (χ1v) is 14.2. The number of fused-ring (bicyclic) bond motifs is 2. The minimum Gasteiger partial charge on any atom is -0.848 e. The van der Waals surface area contributed by atoms with E-state index in [1.54, 1.807) is 25.3 Å². The van der Waals surface area contributed by atoms with E-state index in [2.05, 4.69) is 30.6 Å². The Balaban J connectivity index is 1.41. The molecule has 0 amide bonds. The Hall–Kier alpha value is -3.31. The Bertz CT molecular complexity index is 1450. The molecule has 1 aliphatic carbocycles. The van der Waals surface area contributed by atoms with E-state index in [-0.39, 0.29) is 17.0 Å². The first kappa shape index (κ1) is 28.2. The zero-order valence-electron chi connectivity index (χ0n) is 23.1. The van der Waals surface area contributed by atoms with Gasteiger partial charge in [-0.2, -0.15) is 4.58 Å². The normalized spacial score (nSPS) is 23.1. The second-order valence-corrected chi connectivity index (χ2v) is 11.5. The fourth-order valence-electron chi connectivity index (χ4n) is 5.58. The topological polar surface area (TPSA) is 108 Å². The number of non-ortho nitro benzene ring substituents is 1. The molecular formula is C30H33N3O6S. The zero-order chi connectivity index (χ0) is 28.6. The third-order valence-corrected chi connectivity index (χ3v) is 8.88. The van der Waals surface area contributed by atoms with Gasteiger partial charge in [0, 0.05) is 54.3 Å². The van der Waals surface area contributed by atoms with Crippen molar-refractivity contribution < 1.29 is 28.9 Å². The van der Waals surface area contributed by atoms with Crippen molar-refractivity contribution in [3.8, 4) is 0 Å². The maximum Gasteiger partial charge on any atom is 0.270 e. The summed E-state index contributed by atoms with van der Waals surface area (Å²) in [6.07, 6.45) is 2.34. The Labute approximate surface area is 237 Å². The fourth-order valence-corrected chi connectivity index (χ4v) is 6.82. The first-order valence-electron chi connectivity index (χ1n) is 13.4. The molecule has 2 aromatic carbocycles. The predicted octanol–water partition coefficient (Wildman–Crippen LogP) is 3.96. The lowest BCUT2D eigenvalue weighted by molar-refractivity contribution is -0.442. The highest BCUT2D eigenvalue weighted by Crippen LogP contribution is 2.49. The minimum absolute atomic E-state index is 0.0149. The molecule has 2 heterocycles. The zero-order valence-corrected chi connectivity index (χ0v) is 23.9. The van der Waals surface area contributed by atoms with E-state index in [9.17, 15) is 20.0 Å². The van der Waals surface area contributed by atoms with E-state index < -0.39 is 22.4 Å². The molecule has 40 heavy (non-hydrogen) atoms. The quantitative estimate of drug-likeness (QED) is 0.141. The van der Waals surface area contributed by atoms with Crippen LogP contribution in [0.15, 0.2) is 70.1 Å². The number of carbonyl (C=O) groups excluding carboxylic acids is 1. The minimum atomic E-state index is -1.19. The Kier molecular flexibility index (Phi) is 7.96. The van der Waals surface area contributed by atoms with Crippen LogP contribution in [0.25, 0.3) is 0 Å². The number of allylic oxidation sites excluding steroid dienone is 1. The number of nitro groups is 1. The van der Waals surface area contributed by atoms with Crippen molar-refractivity contribution in [2.24, 2.45) is 5.92 Å². The van der Waals surface area contributed by atoms with Gasteiger partial charge in [0.25, 0.3) is 5.69 Å². The van der Waals surface area contributed by atoms with Crippen molar-refractivity contribution in [3.05, 3.63) is 80.9 Å². The fraction of sp³-hybridized carbons (Fsp3) is 0.400. The van der Waals surface area contributed by atoms with Gasteiger partial charge < -0.3 is 19.5 Å². The number of carbonyl (C=O) groups is 1. The van der Waals surface area contributed by atoms with Crippen molar-refractivity contribution in [2.75, 3.05) is 44.9 Å². The summed E-state index contributed by atoms with van der Waals surface area (Å²) in [6, 6.07) is 12.9. The monoisotopic (exact) mass is 563 g/mol. The van der Waals surface area contributed by atoms with Gasteiger partial charge in [-0.25, -0.2) is 0 Å². The van der Waals surface area contributed by atoms with E-state index in [1.807, 2.05) is 24.0 Å². The van der Waals surface area contributed by atoms with Crippen LogP contribution in [0.4, 0.5) is 17.1 Å². The standard InChI is InChI=1S/C30H33N3O6S/c1-5-31-24-11-10-19(33(36)37)16-25(24)40-27(31)18-21-28(34)20(29(21)35)17-26-30(2,3)22-8-6-7-9-23(22)32(26)12-13-39-15-14-38-4/h6-11,16-18,21,28H,5,12-15H2,1-4H3.